The molecule has 0 radical (unpaired) electrons. The molecular weight excluding hydrogens is 338 g/mol. The highest BCUT2D eigenvalue weighted by Gasteiger charge is 2.13. The van der Waals surface area contributed by atoms with Crippen LogP contribution >= 0.6 is 11.6 Å². The van der Waals surface area contributed by atoms with E-state index in [0.29, 0.717) is 5.39 Å². The lowest BCUT2D eigenvalue weighted by atomic mass is 10.1. The molecule has 24 heavy (non-hydrogen) atoms. The molecule has 0 aliphatic carbocycles. The highest BCUT2D eigenvalue weighted by atomic mass is 35.5. The minimum Gasteiger partial charge on any atom is -0.473 e. The number of aromatic amines is 1. The number of hydrogen-bond donors (Lipinski definition) is 2. The molecule has 1 aromatic heterocycles. The van der Waals surface area contributed by atoms with Crippen LogP contribution in [-0.2, 0) is 6.61 Å². The molecular formula is C17H11ClF2N2O2. The number of fused-ring (bicyclic) bond motifs is 1. The zero-order chi connectivity index (χ0) is 17.3. The maximum absolute atomic E-state index is 13.8. The summed E-state index contributed by atoms with van der Waals surface area (Å²) in [6, 6.07) is 7.98. The number of H-pyrrole nitrogens is 1. The van der Waals surface area contributed by atoms with Crippen LogP contribution in [0, 0.1) is 17.0 Å². The number of pyridine rings is 1. The van der Waals surface area contributed by atoms with Gasteiger partial charge in [-0.15, -0.1) is 0 Å². The summed E-state index contributed by atoms with van der Waals surface area (Å²) in [5.74, 6) is -1.09. The van der Waals surface area contributed by atoms with Crippen LogP contribution < -0.4 is 10.3 Å². The quantitative estimate of drug-likeness (QED) is 0.699. The van der Waals surface area contributed by atoms with Gasteiger partial charge in [-0.25, -0.2) is 8.78 Å². The molecule has 0 aliphatic rings. The second kappa shape index (κ2) is 6.41. The summed E-state index contributed by atoms with van der Waals surface area (Å²) in [6.07, 6.45) is 0.885. The summed E-state index contributed by atoms with van der Waals surface area (Å²) in [7, 11) is 0. The largest absolute Gasteiger partial charge is 0.473 e. The molecule has 3 aromatic rings. The average Bonchev–Trinajstić information content (AvgIpc) is 2.54. The molecule has 0 aliphatic heterocycles. The first kappa shape index (κ1) is 16.1. The fraction of sp³-hybridized carbons (Fsp3) is 0.0588. The van der Waals surface area contributed by atoms with Crippen LogP contribution in [0.1, 0.15) is 11.1 Å². The van der Waals surface area contributed by atoms with Crippen molar-refractivity contribution >= 4 is 28.6 Å². The summed E-state index contributed by atoms with van der Waals surface area (Å²) in [5, 5.41) is 8.16. The molecule has 0 saturated carbocycles. The zero-order valence-corrected chi connectivity index (χ0v) is 13.0. The van der Waals surface area contributed by atoms with E-state index in [9.17, 15) is 13.6 Å². The lowest BCUT2D eigenvalue weighted by Gasteiger charge is -2.12. The van der Waals surface area contributed by atoms with Crippen molar-refractivity contribution in [2.24, 2.45) is 0 Å². The SMILES string of the molecule is N=Cc1c(=O)[nH]c(OCc2c(F)cccc2Cl)c2cc(F)ccc12. The van der Waals surface area contributed by atoms with E-state index in [-0.39, 0.29) is 34.0 Å². The van der Waals surface area contributed by atoms with E-state index in [1.807, 2.05) is 0 Å². The molecule has 2 aromatic carbocycles. The Bertz CT molecular complexity index is 982. The van der Waals surface area contributed by atoms with Crippen molar-refractivity contribution in [2.75, 3.05) is 0 Å². The number of nitrogens with one attached hydrogen (secondary N) is 2. The minimum absolute atomic E-state index is 0.0144. The van der Waals surface area contributed by atoms with Gasteiger partial charge in [0.05, 0.1) is 10.6 Å². The highest BCUT2D eigenvalue weighted by Crippen LogP contribution is 2.27. The van der Waals surface area contributed by atoms with E-state index in [1.165, 1.54) is 36.4 Å². The summed E-state index contributed by atoms with van der Waals surface area (Å²) in [4.78, 5) is 14.5. The fourth-order valence-corrected chi connectivity index (χ4v) is 2.59. The first-order chi connectivity index (χ1) is 11.5. The van der Waals surface area contributed by atoms with E-state index in [0.717, 1.165) is 6.21 Å². The Labute approximate surface area is 140 Å². The Kier molecular flexibility index (Phi) is 4.31. The Morgan fingerprint density at radius 3 is 2.71 bits per heavy atom. The maximum Gasteiger partial charge on any atom is 0.260 e. The van der Waals surface area contributed by atoms with Gasteiger partial charge in [-0.2, -0.15) is 0 Å². The van der Waals surface area contributed by atoms with Crippen LogP contribution in [0.25, 0.3) is 10.8 Å². The Hall–Kier alpha value is -2.73. The number of rotatable bonds is 4. The van der Waals surface area contributed by atoms with Crippen LogP contribution in [-0.4, -0.2) is 11.2 Å². The van der Waals surface area contributed by atoms with Crippen molar-refractivity contribution < 1.29 is 13.5 Å². The molecule has 2 N–H and O–H groups in total. The predicted octanol–water partition coefficient (Wildman–Crippen LogP) is 4.04. The highest BCUT2D eigenvalue weighted by molar-refractivity contribution is 6.31. The van der Waals surface area contributed by atoms with Crippen molar-refractivity contribution in [1.29, 1.82) is 5.41 Å². The number of hydrogen-bond acceptors (Lipinski definition) is 3. The summed E-state index contributed by atoms with van der Waals surface area (Å²) >= 11 is 5.94. The minimum atomic E-state index is -0.557. The lowest BCUT2D eigenvalue weighted by Crippen LogP contribution is -2.15. The third-order valence-electron chi connectivity index (χ3n) is 3.55. The van der Waals surface area contributed by atoms with Gasteiger partial charge >= 0.3 is 0 Å². The first-order valence-corrected chi connectivity index (χ1v) is 7.30. The van der Waals surface area contributed by atoms with Crippen LogP contribution in [0.2, 0.25) is 5.02 Å². The third-order valence-corrected chi connectivity index (χ3v) is 3.91. The number of ether oxygens (including phenoxy) is 1. The fourth-order valence-electron chi connectivity index (χ4n) is 2.37. The van der Waals surface area contributed by atoms with Crippen LogP contribution in [0.4, 0.5) is 8.78 Å². The standard InChI is InChI=1S/C17H11ClF2N2O2/c18-14-2-1-3-15(20)13(14)8-24-17-11-6-9(19)4-5-10(11)12(7-21)16(23)22-17/h1-7,21H,8H2,(H,22,23). The number of aromatic nitrogens is 1. The van der Waals surface area contributed by atoms with Crippen molar-refractivity contribution in [1.82, 2.24) is 4.98 Å². The van der Waals surface area contributed by atoms with Gasteiger partial charge in [0, 0.05) is 22.6 Å². The monoisotopic (exact) mass is 348 g/mol. The molecule has 0 fully saturated rings. The number of benzene rings is 2. The number of halogens is 3. The topological polar surface area (TPSA) is 65.9 Å². The van der Waals surface area contributed by atoms with E-state index in [4.69, 9.17) is 21.7 Å². The van der Waals surface area contributed by atoms with E-state index < -0.39 is 17.2 Å². The molecule has 122 valence electrons. The molecule has 0 atom stereocenters. The summed E-state index contributed by atoms with van der Waals surface area (Å²) in [6.45, 7) is -0.239. The van der Waals surface area contributed by atoms with Crippen molar-refractivity contribution in [3.8, 4) is 5.88 Å². The molecule has 0 unspecified atom stereocenters. The molecule has 3 rings (SSSR count). The second-order valence-corrected chi connectivity index (χ2v) is 5.43. The smallest absolute Gasteiger partial charge is 0.260 e. The van der Waals surface area contributed by atoms with Crippen molar-refractivity contribution in [3.05, 3.63) is 74.5 Å². The Balaban J connectivity index is 2.08. The normalized spacial score (nSPS) is 10.8. The van der Waals surface area contributed by atoms with E-state index in [2.05, 4.69) is 4.98 Å². The maximum atomic E-state index is 13.8. The van der Waals surface area contributed by atoms with Gasteiger partial charge in [0.1, 0.15) is 18.2 Å². The van der Waals surface area contributed by atoms with Gasteiger partial charge in [-0.3, -0.25) is 9.78 Å². The molecule has 1 heterocycles. The molecule has 0 saturated heterocycles. The van der Waals surface area contributed by atoms with Gasteiger partial charge in [-0.1, -0.05) is 23.7 Å². The van der Waals surface area contributed by atoms with Crippen molar-refractivity contribution in [3.63, 3.8) is 0 Å². The van der Waals surface area contributed by atoms with E-state index in [1.54, 1.807) is 0 Å². The van der Waals surface area contributed by atoms with Gasteiger partial charge < -0.3 is 10.1 Å². The zero-order valence-electron chi connectivity index (χ0n) is 12.2. The van der Waals surface area contributed by atoms with Crippen LogP contribution in [0.3, 0.4) is 0 Å². The third kappa shape index (κ3) is 2.88. The molecule has 4 nitrogen and oxygen atoms in total. The summed E-state index contributed by atoms with van der Waals surface area (Å²) < 4.78 is 32.8. The van der Waals surface area contributed by atoms with Gasteiger partial charge in [-0.05, 0) is 24.3 Å². The molecule has 7 heteroatoms. The van der Waals surface area contributed by atoms with E-state index >= 15 is 0 Å². The Morgan fingerprint density at radius 1 is 1.21 bits per heavy atom. The van der Waals surface area contributed by atoms with Gasteiger partial charge in [0.25, 0.3) is 5.56 Å². The van der Waals surface area contributed by atoms with Gasteiger partial charge in [0.2, 0.25) is 5.88 Å². The first-order valence-electron chi connectivity index (χ1n) is 6.93. The Morgan fingerprint density at radius 2 is 2.00 bits per heavy atom. The van der Waals surface area contributed by atoms with Crippen LogP contribution in [0.5, 0.6) is 5.88 Å². The second-order valence-electron chi connectivity index (χ2n) is 5.02. The molecule has 0 spiro atoms. The molecule has 0 bridgehead atoms. The van der Waals surface area contributed by atoms with Gasteiger partial charge in [0.15, 0.2) is 0 Å². The van der Waals surface area contributed by atoms with Crippen LogP contribution in [0.15, 0.2) is 41.2 Å². The molecule has 0 amide bonds. The summed E-state index contributed by atoms with van der Waals surface area (Å²) in [5.41, 5.74) is -0.347. The average molecular weight is 349 g/mol. The van der Waals surface area contributed by atoms with Crippen molar-refractivity contribution in [2.45, 2.75) is 6.61 Å². The predicted molar refractivity (Wildman–Crippen MR) is 88.2 cm³/mol. The lowest BCUT2D eigenvalue weighted by molar-refractivity contribution is 0.291.